The normalized spacial score (nSPS) is 26.9. The van der Waals surface area contributed by atoms with Crippen molar-refractivity contribution in [3.05, 3.63) is 89.0 Å². The Hall–Kier alpha value is -2.43. The molecule has 0 amide bonds. The van der Waals surface area contributed by atoms with Gasteiger partial charge in [-0.1, -0.05) is 48.5 Å². The summed E-state index contributed by atoms with van der Waals surface area (Å²) in [4.78, 5) is 4.69. The Labute approximate surface area is 178 Å². The number of piperidine rings is 1. The van der Waals surface area contributed by atoms with Crippen molar-refractivity contribution in [3.63, 3.8) is 0 Å². The van der Waals surface area contributed by atoms with Crippen molar-refractivity contribution in [2.75, 3.05) is 13.1 Å². The molecule has 30 heavy (non-hydrogen) atoms. The molecule has 2 heterocycles. The van der Waals surface area contributed by atoms with Crippen LogP contribution in [-0.4, -0.2) is 27.7 Å². The number of hydrogen-bond acceptors (Lipinski definition) is 3. The smallest absolute Gasteiger partial charge is 0.140 e. The fraction of sp³-hybridized carbons (Fsp3) is 0.423. The Morgan fingerprint density at radius 2 is 1.70 bits per heavy atom. The first-order valence-electron chi connectivity index (χ1n) is 11.2. The van der Waals surface area contributed by atoms with Gasteiger partial charge in [0, 0.05) is 30.8 Å². The number of aryl methyl sites for hydroxylation is 1. The van der Waals surface area contributed by atoms with Crippen LogP contribution in [-0.2, 0) is 18.1 Å². The van der Waals surface area contributed by atoms with E-state index in [1.807, 2.05) is 24.0 Å². The van der Waals surface area contributed by atoms with Crippen LogP contribution in [0, 0.1) is 5.92 Å². The van der Waals surface area contributed by atoms with Crippen molar-refractivity contribution in [2.45, 2.75) is 42.6 Å². The zero-order valence-electron chi connectivity index (χ0n) is 17.5. The van der Waals surface area contributed by atoms with E-state index in [1.54, 1.807) is 0 Å². The maximum Gasteiger partial charge on any atom is 0.140 e. The average molecular weight is 400 g/mol. The van der Waals surface area contributed by atoms with Crippen molar-refractivity contribution in [3.8, 4) is 0 Å². The number of nitrogens with one attached hydrogen (secondary N) is 1. The molecule has 4 nitrogen and oxygen atoms in total. The number of aromatic nitrogens is 2. The van der Waals surface area contributed by atoms with Gasteiger partial charge >= 0.3 is 0 Å². The summed E-state index contributed by atoms with van der Waals surface area (Å²) in [5, 5.41) is 16.0. The molecule has 1 aromatic heterocycles. The van der Waals surface area contributed by atoms with Crippen LogP contribution in [0.25, 0.3) is 0 Å². The van der Waals surface area contributed by atoms with E-state index in [9.17, 15) is 5.11 Å². The first-order chi connectivity index (χ1) is 14.6. The zero-order chi connectivity index (χ0) is 20.3. The van der Waals surface area contributed by atoms with E-state index in [2.05, 4.69) is 58.8 Å². The van der Waals surface area contributed by atoms with Crippen molar-refractivity contribution in [2.24, 2.45) is 13.0 Å². The lowest BCUT2D eigenvalue weighted by Crippen LogP contribution is -2.47. The standard InChI is InChI=1S/C26H29N3O/c1-29-15-14-28-24(29)26(30,18-10-12-27-13-11-18)17-25-16-21(19-6-2-4-8-22(19)25)20-7-3-5-9-23(20)25/h2-9,14-15,18,21,27,30H,10-13,16-17H2,1H3. The van der Waals surface area contributed by atoms with Gasteiger partial charge in [-0.25, -0.2) is 4.98 Å². The Morgan fingerprint density at radius 3 is 2.30 bits per heavy atom. The summed E-state index contributed by atoms with van der Waals surface area (Å²) in [6.45, 7) is 1.92. The van der Waals surface area contributed by atoms with Crippen LogP contribution in [0.4, 0.5) is 0 Å². The molecule has 2 bridgehead atoms. The second kappa shape index (κ2) is 6.53. The molecule has 1 saturated heterocycles. The number of aliphatic hydroxyl groups is 1. The fourth-order valence-corrected chi connectivity index (χ4v) is 6.79. The summed E-state index contributed by atoms with van der Waals surface area (Å²) in [5.74, 6) is 1.46. The number of nitrogens with zero attached hydrogens (tertiary/aromatic N) is 2. The molecule has 0 saturated carbocycles. The first kappa shape index (κ1) is 18.3. The van der Waals surface area contributed by atoms with Gasteiger partial charge in [0.1, 0.15) is 11.4 Å². The van der Waals surface area contributed by atoms with Crippen molar-refractivity contribution in [1.29, 1.82) is 0 Å². The molecule has 154 valence electrons. The van der Waals surface area contributed by atoms with Crippen LogP contribution >= 0.6 is 0 Å². The van der Waals surface area contributed by atoms with E-state index in [1.165, 1.54) is 22.3 Å². The molecular formula is C26H29N3O. The Bertz CT molecular complexity index is 1050. The Balaban J connectivity index is 1.54. The minimum absolute atomic E-state index is 0.149. The molecular weight excluding hydrogens is 370 g/mol. The zero-order valence-corrected chi connectivity index (χ0v) is 17.5. The summed E-state index contributed by atoms with van der Waals surface area (Å²) in [5.41, 5.74) is 4.61. The van der Waals surface area contributed by atoms with E-state index in [0.717, 1.165) is 38.2 Å². The third kappa shape index (κ3) is 2.38. The lowest BCUT2D eigenvalue weighted by atomic mass is 9.64. The predicted octanol–water partition coefficient (Wildman–Crippen LogP) is 3.83. The highest BCUT2D eigenvalue weighted by molar-refractivity contribution is 5.62. The van der Waals surface area contributed by atoms with Crippen LogP contribution in [0.1, 0.15) is 59.7 Å². The second-order valence-electron chi connectivity index (χ2n) is 9.50. The quantitative estimate of drug-likeness (QED) is 0.701. The van der Waals surface area contributed by atoms with Crippen LogP contribution in [0.2, 0.25) is 0 Å². The van der Waals surface area contributed by atoms with Gasteiger partial charge in [0.15, 0.2) is 0 Å². The molecule has 2 aliphatic carbocycles. The summed E-state index contributed by atoms with van der Waals surface area (Å²) < 4.78 is 2.03. The monoisotopic (exact) mass is 399 g/mol. The second-order valence-corrected chi connectivity index (χ2v) is 9.50. The minimum Gasteiger partial charge on any atom is -0.382 e. The van der Waals surface area contributed by atoms with Gasteiger partial charge in [0.25, 0.3) is 0 Å². The van der Waals surface area contributed by atoms with Gasteiger partial charge in [-0.3, -0.25) is 0 Å². The van der Waals surface area contributed by atoms with Gasteiger partial charge in [-0.05, 0) is 66.9 Å². The number of rotatable bonds is 4. The largest absolute Gasteiger partial charge is 0.382 e. The maximum atomic E-state index is 12.5. The highest BCUT2D eigenvalue weighted by atomic mass is 16.3. The molecule has 0 radical (unpaired) electrons. The fourth-order valence-electron chi connectivity index (χ4n) is 6.79. The molecule has 3 aromatic rings. The summed E-state index contributed by atoms with van der Waals surface area (Å²) in [7, 11) is 2.01. The topological polar surface area (TPSA) is 50.1 Å². The molecule has 1 unspecified atom stereocenters. The third-order valence-electron chi connectivity index (χ3n) is 8.05. The SMILES string of the molecule is Cn1ccnc1C(O)(CC12CC(c3ccccc31)c1ccccc12)C1CCNCC1. The van der Waals surface area contributed by atoms with Crippen molar-refractivity contribution < 1.29 is 5.11 Å². The predicted molar refractivity (Wildman–Crippen MR) is 117 cm³/mol. The van der Waals surface area contributed by atoms with Crippen LogP contribution in [0.3, 0.4) is 0 Å². The van der Waals surface area contributed by atoms with E-state index in [4.69, 9.17) is 0 Å². The Morgan fingerprint density at radius 1 is 1.07 bits per heavy atom. The highest BCUT2D eigenvalue weighted by Crippen LogP contribution is 2.64. The molecule has 2 aromatic carbocycles. The number of benzene rings is 2. The van der Waals surface area contributed by atoms with E-state index in [-0.39, 0.29) is 11.3 Å². The lowest BCUT2D eigenvalue weighted by molar-refractivity contribution is -0.0655. The molecule has 2 N–H and O–H groups in total. The summed E-state index contributed by atoms with van der Waals surface area (Å²) in [6, 6.07) is 17.8. The summed E-state index contributed by atoms with van der Waals surface area (Å²) in [6.07, 6.45) is 7.50. The number of hydrogen-bond donors (Lipinski definition) is 2. The average Bonchev–Trinajstić information content (AvgIpc) is 3.46. The van der Waals surface area contributed by atoms with Gasteiger partial charge in [-0.15, -0.1) is 0 Å². The minimum atomic E-state index is -0.959. The summed E-state index contributed by atoms with van der Waals surface area (Å²) >= 11 is 0. The number of fused-ring (bicyclic) bond motifs is 8. The molecule has 1 fully saturated rings. The van der Waals surface area contributed by atoms with E-state index >= 15 is 0 Å². The van der Waals surface area contributed by atoms with Crippen LogP contribution in [0.15, 0.2) is 60.9 Å². The molecule has 0 spiro atoms. The van der Waals surface area contributed by atoms with Gasteiger partial charge in [-0.2, -0.15) is 0 Å². The Kier molecular flexibility index (Phi) is 4.00. The van der Waals surface area contributed by atoms with Gasteiger partial charge in [0.2, 0.25) is 0 Å². The van der Waals surface area contributed by atoms with Gasteiger partial charge < -0.3 is 15.0 Å². The maximum absolute atomic E-state index is 12.5. The molecule has 6 rings (SSSR count). The van der Waals surface area contributed by atoms with E-state index in [0.29, 0.717) is 12.3 Å². The lowest BCUT2D eigenvalue weighted by Gasteiger charge is -2.44. The number of imidazole rings is 1. The molecule has 1 atom stereocenters. The molecule has 4 heteroatoms. The first-order valence-corrected chi connectivity index (χ1v) is 11.2. The molecule has 3 aliphatic rings. The van der Waals surface area contributed by atoms with Gasteiger partial charge in [0.05, 0.1) is 0 Å². The highest BCUT2D eigenvalue weighted by Gasteiger charge is 2.57. The van der Waals surface area contributed by atoms with Crippen LogP contribution in [0.5, 0.6) is 0 Å². The van der Waals surface area contributed by atoms with Crippen molar-refractivity contribution >= 4 is 0 Å². The van der Waals surface area contributed by atoms with Crippen LogP contribution < -0.4 is 5.32 Å². The molecule has 1 aliphatic heterocycles. The van der Waals surface area contributed by atoms with E-state index < -0.39 is 5.60 Å². The third-order valence-corrected chi connectivity index (χ3v) is 8.05. The van der Waals surface area contributed by atoms with Crippen molar-refractivity contribution in [1.82, 2.24) is 14.9 Å².